The van der Waals surface area contributed by atoms with Crippen LogP contribution in [0.5, 0.6) is 0 Å². The molecule has 0 radical (unpaired) electrons. The highest BCUT2D eigenvalue weighted by molar-refractivity contribution is 6.62. The Balaban J connectivity index is 2.42. The van der Waals surface area contributed by atoms with Crippen LogP contribution in [0.2, 0.25) is 0 Å². The number of halogens is 2. The van der Waals surface area contributed by atoms with Crippen molar-refractivity contribution in [1.29, 1.82) is 0 Å². The molecule has 0 saturated heterocycles. The molecule has 1 amide bonds. The van der Waals surface area contributed by atoms with Crippen LogP contribution in [0.1, 0.15) is 41.8 Å². The molecule has 3 N–H and O–H groups in total. The molecule has 6 nitrogen and oxygen atoms in total. The number of carbonyl (C=O) groups excluding carboxylic acids is 1. The number of hydrogen-bond donors (Lipinski definition) is 3. The molecule has 1 unspecified atom stereocenters. The lowest BCUT2D eigenvalue weighted by Crippen LogP contribution is -2.45. The van der Waals surface area contributed by atoms with Gasteiger partial charge in [-0.2, -0.15) is 0 Å². The molecule has 2 rings (SSSR count). The topological polar surface area (TPSA) is 95.9 Å². The minimum absolute atomic E-state index is 0.0259. The molecule has 1 aliphatic heterocycles. The van der Waals surface area contributed by atoms with Crippen molar-refractivity contribution in [2.75, 3.05) is 0 Å². The molecule has 1 aliphatic rings. The van der Waals surface area contributed by atoms with E-state index < -0.39 is 42.9 Å². The van der Waals surface area contributed by atoms with Gasteiger partial charge >= 0.3 is 13.1 Å². The highest BCUT2D eigenvalue weighted by atomic mass is 19.3. The first kappa shape index (κ1) is 17.4. The lowest BCUT2D eigenvalue weighted by molar-refractivity contribution is -0.140. The zero-order valence-electron chi connectivity index (χ0n) is 12.5. The largest absolute Gasteiger partial charge is 0.492 e. The fourth-order valence-electron chi connectivity index (χ4n) is 2.52. The molecular weight excluding hydrogens is 311 g/mol. The van der Waals surface area contributed by atoms with Crippen LogP contribution in [0.15, 0.2) is 12.1 Å². The van der Waals surface area contributed by atoms with Gasteiger partial charge in [-0.3, -0.25) is 4.79 Å². The van der Waals surface area contributed by atoms with Crippen molar-refractivity contribution in [3.63, 3.8) is 0 Å². The third kappa shape index (κ3) is 3.35. The molecule has 9 heteroatoms. The standard InChI is InChI=1S/C14H16BF2NO5/c1-6(2)11(14(20)21)18-13(19)8-4-3-7-5-23-15(22)10(7)9(8)12(16)17/h3-4,6,11-12,22H,5H2,1-2H3,(H,18,19)(H,20,21). The maximum Gasteiger partial charge on any atom is 0.492 e. The minimum atomic E-state index is -3.01. The van der Waals surface area contributed by atoms with Crippen molar-refractivity contribution < 1.29 is 33.2 Å². The summed E-state index contributed by atoms with van der Waals surface area (Å²) >= 11 is 0. The summed E-state index contributed by atoms with van der Waals surface area (Å²) in [6, 6.07) is 1.40. The van der Waals surface area contributed by atoms with Gasteiger partial charge in [0, 0.05) is 11.1 Å². The smallest absolute Gasteiger partial charge is 0.480 e. The molecule has 0 bridgehead atoms. The maximum atomic E-state index is 13.4. The Labute approximate surface area is 131 Å². The Bertz CT molecular complexity index is 638. The second-order valence-corrected chi connectivity index (χ2v) is 5.60. The average molecular weight is 327 g/mol. The van der Waals surface area contributed by atoms with Crippen LogP contribution in [0, 0.1) is 5.92 Å². The quantitative estimate of drug-likeness (QED) is 0.691. The summed E-state index contributed by atoms with van der Waals surface area (Å²) in [4.78, 5) is 23.4. The van der Waals surface area contributed by atoms with E-state index in [2.05, 4.69) is 5.32 Å². The molecule has 124 valence electrons. The van der Waals surface area contributed by atoms with Gasteiger partial charge in [-0.1, -0.05) is 19.9 Å². The molecular formula is C14H16BF2NO5. The van der Waals surface area contributed by atoms with Crippen LogP contribution < -0.4 is 10.8 Å². The number of alkyl halides is 2. The number of amides is 1. The van der Waals surface area contributed by atoms with E-state index in [0.29, 0.717) is 5.56 Å². The van der Waals surface area contributed by atoms with Crippen LogP contribution in [0.4, 0.5) is 8.78 Å². The van der Waals surface area contributed by atoms with E-state index in [1.807, 2.05) is 0 Å². The van der Waals surface area contributed by atoms with Gasteiger partial charge in [0.2, 0.25) is 0 Å². The Morgan fingerprint density at radius 2 is 2.00 bits per heavy atom. The monoisotopic (exact) mass is 327 g/mol. The lowest BCUT2D eigenvalue weighted by atomic mass is 9.74. The molecule has 0 aromatic heterocycles. The first-order valence-electron chi connectivity index (χ1n) is 7.01. The first-order chi connectivity index (χ1) is 10.7. The second-order valence-electron chi connectivity index (χ2n) is 5.60. The lowest BCUT2D eigenvalue weighted by Gasteiger charge is -2.20. The Morgan fingerprint density at radius 3 is 2.52 bits per heavy atom. The van der Waals surface area contributed by atoms with E-state index in [4.69, 9.17) is 9.76 Å². The first-order valence-corrected chi connectivity index (χ1v) is 7.01. The van der Waals surface area contributed by atoms with Crippen LogP contribution in [-0.4, -0.2) is 35.2 Å². The van der Waals surface area contributed by atoms with E-state index in [1.54, 1.807) is 13.8 Å². The van der Waals surface area contributed by atoms with Crippen molar-refractivity contribution in [2.45, 2.75) is 32.9 Å². The fourth-order valence-corrected chi connectivity index (χ4v) is 2.52. The number of carboxylic acid groups (broad SMARTS) is 1. The third-order valence-corrected chi connectivity index (χ3v) is 3.70. The maximum absolute atomic E-state index is 13.4. The molecule has 0 spiro atoms. The Kier molecular flexibility index (Phi) is 5.01. The number of fused-ring (bicyclic) bond motifs is 1. The third-order valence-electron chi connectivity index (χ3n) is 3.70. The van der Waals surface area contributed by atoms with Gasteiger partial charge < -0.3 is 20.1 Å². The van der Waals surface area contributed by atoms with Crippen molar-refractivity contribution in [3.05, 3.63) is 28.8 Å². The van der Waals surface area contributed by atoms with Crippen LogP contribution in [-0.2, 0) is 16.1 Å². The number of carboxylic acids is 1. The van der Waals surface area contributed by atoms with Crippen LogP contribution in [0.3, 0.4) is 0 Å². The number of carbonyl (C=O) groups is 2. The summed E-state index contributed by atoms with van der Waals surface area (Å²) in [6.45, 7) is 3.16. The van der Waals surface area contributed by atoms with Gasteiger partial charge in [-0.25, -0.2) is 13.6 Å². The van der Waals surface area contributed by atoms with E-state index >= 15 is 0 Å². The number of rotatable bonds is 5. The zero-order valence-corrected chi connectivity index (χ0v) is 12.5. The SMILES string of the molecule is CC(C)C(NC(=O)c1ccc2c(c1C(F)F)B(O)OC2)C(=O)O. The van der Waals surface area contributed by atoms with Crippen molar-refractivity contribution in [1.82, 2.24) is 5.32 Å². The summed E-state index contributed by atoms with van der Waals surface area (Å²) in [5.74, 6) is -2.60. The summed E-state index contributed by atoms with van der Waals surface area (Å²) < 4.78 is 31.7. The van der Waals surface area contributed by atoms with Crippen molar-refractivity contribution in [3.8, 4) is 0 Å². The van der Waals surface area contributed by atoms with Gasteiger partial charge in [0.05, 0.1) is 6.61 Å². The number of aliphatic carboxylic acids is 1. The molecule has 1 aromatic rings. The molecule has 1 heterocycles. The molecule has 0 aliphatic carbocycles. The van der Waals surface area contributed by atoms with E-state index in [-0.39, 0.29) is 17.6 Å². The summed E-state index contributed by atoms with van der Waals surface area (Å²) in [6.07, 6.45) is -3.01. The van der Waals surface area contributed by atoms with E-state index in [9.17, 15) is 23.4 Å². The number of nitrogens with one attached hydrogen (secondary N) is 1. The normalized spacial score (nSPS) is 15.0. The van der Waals surface area contributed by atoms with E-state index in [1.165, 1.54) is 12.1 Å². The average Bonchev–Trinajstić information content (AvgIpc) is 2.84. The van der Waals surface area contributed by atoms with Crippen LogP contribution in [0.25, 0.3) is 0 Å². The molecule has 23 heavy (non-hydrogen) atoms. The molecule has 1 atom stereocenters. The van der Waals surface area contributed by atoms with E-state index in [0.717, 1.165) is 0 Å². The Morgan fingerprint density at radius 1 is 1.35 bits per heavy atom. The number of benzene rings is 1. The minimum Gasteiger partial charge on any atom is -0.480 e. The second kappa shape index (κ2) is 6.63. The molecule has 1 aromatic carbocycles. The predicted octanol–water partition coefficient (Wildman–Crippen LogP) is 0.681. The van der Waals surface area contributed by atoms with Crippen molar-refractivity contribution >= 4 is 24.5 Å². The summed E-state index contributed by atoms with van der Waals surface area (Å²) in [5, 5.41) is 21.0. The molecule has 0 fully saturated rings. The predicted molar refractivity (Wildman–Crippen MR) is 77.5 cm³/mol. The van der Waals surface area contributed by atoms with Gasteiger partial charge in [-0.05, 0) is 23.0 Å². The van der Waals surface area contributed by atoms with Crippen molar-refractivity contribution in [2.24, 2.45) is 5.92 Å². The Hall–Kier alpha value is -2.00. The highest BCUT2D eigenvalue weighted by Gasteiger charge is 2.36. The fraction of sp³-hybridized carbons (Fsp3) is 0.429. The summed E-state index contributed by atoms with van der Waals surface area (Å²) in [7, 11) is -1.53. The molecule has 0 saturated carbocycles. The van der Waals surface area contributed by atoms with Gasteiger partial charge in [0.25, 0.3) is 12.3 Å². The highest BCUT2D eigenvalue weighted by Crippen LogP contribution is 2.26. The van der Waals surface area contributed by atoms with Gasteiger partial charge in [0.15, 0.2) is 0 Å². The number of hydrogen-bond acceptors (Lipinski definition) is 4. The summed E-state index contributed by atoms with van der Waals surface area (Å²) in [5.41, 5.74) is -0.736. The van der Waals surface area contributed by atoms with Crippen LogP contribution >= 0.6 is 0 Å². The van der Waals surface area contributed by atoms with Gasteiger partial charge in [-0.15, -0.1) is 0 Å². The van der Waals surface area contributed by atoms with Gasteiger partial charge in [0.1, 0.15) is 6.04 Å². The zero-order chi connectivity index (χ0) is 17.3.